The van der Waals surface area contributed by atoms with Gasteiger partial charge in [-0.1, -0.05) is 32.0 Å². The Bertz CT molecular complexity index is 372. The third-order valence-corrected chi connectivity index (χ3v) is 3.26. The van der Waals surface area contributed by atoms with E-state index in [0.717, 1.165) is 25.9 Å². The van der Waals surface area contributed by atoms with E-state index in [-0.39, 0.29) is 11.7 Å². The Morgan fingerprint density at radius 2 is 2.32 bits per heavy atom. The lowest BCUT2D eigenvalue weighted by Crippen LogP contribution is -2.20. The van der Waals surface area contributed by atoms with Crippen molar-refractivity contribution in [2.75, 3.05) is 25.4 Å². The van der Waals surface area contributed by atoms with Crippen molar-refractivity contribution in [3.63, 3.8) is 0 Å². The maximum atomic E-state index is 11.5. The van der Waals surface area contributed by atoms with E-state index < -0.39 is 0 Å². The number of aromatic nitrogens is 4. The molecule has 8 heteroatoms. The molecule has 0 unspecified atom stereocenters. The Balaban J connectivity index is 2.28. The lowest BCUT2D eigenvalue weighted by Gasteiger charge is -2.05. The summed E-state index contributed by atoms with van der Waals surface area (Å²) in [4.78, 5) is 11.5. The van der Waals surface area contributed by atoms with Crippen LogP contribution in [0.3, 0.4) is 0 Å². The molecule has 1 heterocycles. The average molecular weight is 287 g/mol. The number of hydrogen-bond donors (Lipinski definition) is 1. The lowest BCUT2D eigenvalue weighted by atomic mass is 10.4. The summed E-state index contributed by atoms with van der Waals surface area (Å²) in [6.45, 7) is 6.99. The number of hydrogen-bond acceptors (Lipinski definition) is 7. The molecular formula is C11H21N5O2S. The van der Waals surface area contributed by atoms with E-state index in [2.05, 4.69) is 27.8 Å². The van der Waals surface area contributed by atoms with Gasteiger partial charge in [0.1, 0.15) is 0 Å². The lowest BCUT2D eigenvalue weighted by molar-refractivity contribution is -0.140. The highest BCUT2D eigenvalue weighted by atomic mass is 32.2. The Labute approximate surface area is 117 Å². The molecule has 0 radical (unpaired) electrons. The molecule has 0 aliphatic rings. The fourth-order valence-electron chi connectivity index (χ4n) is 1.30. The quantitative estimate of drug-likeness (QED) is 0.386. The fraction of sp³-hybridized carbons (Fsp3) is 0.818. The zero-order valence-electron chi connectivity index (χ0n) is 11.5. The van der Waals surface area contributed by atoms with Crippen LogP contribution < -0.4 is 5.32 Å². The SMILES string of the molecule is CCCCOC(=O)CSc1nnnn1CCNCC. The molecule has 0 fully saturated rings. The van der Waals surface area contributed by atoms with Crippen LogP contribution in [0.2, 0.25) is 0 Å². The Kier molecular flexibility index (Phi) is 8.15. The predicted octanol–water partition coefficient (Wildman–Crippen LogP) is 0.718. The van der Waals surface area contributed by atoms with E-state index in [1.165, 1.54) is 11.8 Å². The first-order chi connectivity index (χ1) is 9.27. The van der Waals surface area contributed by atoms with Crippen LogP contribution in [0, 0.1) is 0 Å². The molecule has 0 amide bonds. The third kappa shape index (κ3) is 6.53. The molecule has 0 saturated carbocycles. The molecule has 0 aliphatic carbocycles. The Morgan fingerprint density at radius 1 is 1.47 bits per heavy atom. The minimum Gasteiger partial charge on any atom is -0.465 e. The molecular weight excluding hydrogens is 266 g/mol. The van der Waals surface area contributed by atoms with Crippen LogP contribution in [0.25, 0.3) is 0 Å². The number of rotatable bonds is 10. The highest BCUT2D eigenvalue weighted by Gasteiger charge is 2.10. The standard InChI is InChI=1S/C11H21N5O2S/c1-3-5-8-18-10(17)9-19-11-13-14-15-16(11)7-6-12-4-2/h12H,3-9H2,1-2H3. The zero-order chi connectivity index (χ0) is 13.9. The maximum Gasteiger partial charge on any atom is 0.316 e. The molecule has 108 valence electrons. The van der Waals surface area contributed by atoms with Crippen LogP contribution in [0.15, 0.2) is 5.16 Å². The number of carbonyl (C=O) groups is 1. The molecule has 1 rings (SSSR count). The van der Waals surface area contributed by atoms with E-state index in [1.807, 2.05) is 6.92 Å². The summed E-state index contributed by atoms with van der Waals surface area (Å²) in [6.07, 6.45) is 1.92. The zero-order valence-corrected chi connectivity index (χ0v) is 12.3. The fourth-order valence-corrected chi connectivity index (χ4v) is 2.00. The molecule has 1 aromatic rings. The van der Waals surface area contributed by atoms with Crippen LogP contribution in [0.4, 0.5) is 0 Å². The van der Waals surface area contributed by atoms with Crippen LogP contribution >= 0.6 is 11.8 Å². The van der Waals surface area contributed by atoms with Crippen LogP contribution in [-0.2, 0) is 16.1 Å². The van der Waals surface area contributed by atoms with Gasteiger partial charge in [0.2, 0.25) is 5.16 Å². The second kappa shape index (κ2) is 9.74. The van der Waals surface area contributed by atoms with Crippen molar-refractivity contribution in [1.82, 2.24) is 25.5 Å². The van der Waals surface area contributed by atoms with Crippen LogP contribution in [-0.4, -0.2) is 51.6 Å². The number of esters is 1. The largest absolute Gasteiger partial charge is 0.465 e. The number of ether oxygens (including phenoxy) is 1. The van der Waals surface area contributed by atoms with Crippen LogP contribution in [0.1, 0.15) is 26.7 Å². The van der Waals surface area contributed by atoms with Gasteiger partial charge in [0, 0.05) is 6.54 Å². The topological polar surface area (TPSA) is 81.9 Å². The molecule has 0 atom stereocenters. The van der Waals surface area contributed by atoms with E-state index in [9.17, 15) is 4.79 Å². The van der Waals surface area contributed by atoms with Crippen molar-refractivity contribution in [3.05, 3.63) is 0 Å². The van der Waals surface area contributed by atoms with Gasteiger partial charge in [0.15, 0.2) is 0 Å². The van der Waals surface area contributed by atoms with Crippen molar-refractivity contribution in [1.29, 1.82) is 0 Å². The summed E-state index contributed by atoms with van der Waals surface area (Å²) < 4.78 is 6.76. The summed E-state index contributed by atoms with van der Waals surface area (Å²) in [6, 6.07) is 0. The Morgan fingerprint density at radius 3 is 3.05 bits per heavy atom. The molecule has 19 heavy (non-hydrogen) atoms. The monoisotopic (exact) mass is 287 g/mol. The highest BCUT2D eigenvalue weighted by molar-refractivity contribution is 7.99. The third-order valence-electron chi connectivity index (χ3n) is 2.33. The van der Waals surface area contributed by atoms with Crippen molar-refractivity contribution < 1.29 is 9.53 Å². The van der Waals surface area contributed by atoms with Gasteiger partial charge in [-0.2, -0.15) is 0 Å². The van der Waals surface area contributed by atoms with Gasteiger partial charge in [-0.25, -0.2) is 4.68 Å². The summed E-state index contributed by atoms with van der Waals surface area (Å²) >= 11 is 1.30. The first-order valence-corrected chi connectivity index (χ1v) is 7.51. The van der Waals surface area contributed by atoms with Gasteiger partial charge in [0.25, 0.3) is 0 Å². The molecule has 0 bridgehead atoms. The minimum atomic E-state index is -0.223. The molecule has 0 saturated heterocycles. The molecule has 0 aromatic carbocycles. The van der Waals surface area contributed by atoms with Gasteiger partial charge < -0.3 is 10.1 Å². The summed E-state index contributed by atoms with van der Waals surface area (Å²) in [5, 5.41) is 15.2. The van der Waals surface area contributed by atoms with Crippen LogP contribution in [0.5, 0.6) is 0 Å². The second-order valence-corrected chi connectivity index (χ2v) is 4.84. The smallest absolute Gasteiger partial charge is 0.316 e. The van der Waals surface area contributed by atoms with E-state index in [0.29, 0.717) is 18.3 Å². The summed E-state index contributed by atoms with van der Waals surface area (Å²) in [5.74, 6) is 0.0188. The predicted molar refractivity (Wildman–Crippen MR) is 73.0 cm³/mol. The van der Waals surface area contributed by atoms with Gasteiger partial charge >= 0.3 is 5.97 Å². The van der Waals surface area contributed by atoms with Crippen molar-refractivity contribution in [2.45, 2.75) is 38.4 Å². The van der Waals surface area contributed by atoms with Gasteiger partial charge in [-0.05, 0) is 23.4 Å². The van der Waals surface area contributed by atoms with Gasteiger partial charge in [-0.15, -0.1) is 5.10 Å². The first-order valence-electron chi connectivity index (χ1n) is 6.53. The number of nitrogens with zero attached hydrogens (tertiary/aromatic N) is 4. The van der Waals surface area contributed by atoms with Crippen molar-refractivity contribution in [2.24, 2.45) is 0 Å². The average Bonchev–Trinajstić information content (AvgIpc) is 2.85. The minimum absolute atomic E-state index is 0.223. The maximum absolute atomic E-state index is 11.5. The Hall–Kier alpha value is -1.15. The number of unbranched alkanes of at least 4 members (excludes halogenated alkanes) is 1. The van der Waals surface area contributed by atoms with Gasteiger partial charge in [-0.3, -0.25) is 4.79 Å². The van der Waals surface area contributed by atoms with E-state index in [4.69, 9.17) is 4.74 Å². The highest BCUT2D eigenvalue weighted by Crippen LogP contribution is 2.13. The van der Waals surface area contributed by atoms with E-state index >= 15 is 0 Å². The molecule has 0 aliphatic heterocycles. The number of thioether (sulfide) groups is 1. The number of carbonyl (C=O) groups excluding carboxylic acids is 1. The summed E-state index contributed by atoms with van der Waals surface area (Å²) in [7, 11) is 0. The second-order valence-electron chi connectivity index (χ2n) is 3.90. The first kappa shape index (κ1) is 15.9. The normalized spacial score (nSPS) is 10.6. The van der Waals surface area contributed by atoms with Gasteiger partial charge in [0.05, 0.1) is 18.9 Å². The number of likely N-dealkylation sites (N-methyl/N-ethyl adjacent to an activating group) is 1. The van der Waals surface area contributed by atoms with E-state index in [1.54, 1.807) is 4.68 Å². The molecule has 0 spiro atoms. The van der Waals surface area contributed by atoms with Crippen molar-refractivity contribution >= 4 is 17.7 Å². The molecule has 1 aromatic heterocycles. The summed E-state index contributed by atoms with van der Waals surface area (Å²) in [5.41, 5.74) is 0. The number of tetrazole rings is 1. The molecule has 7 nitrogen and oxygen atoms in total. The van der Waals surface area contributed by atoms with Crippen molar-refractivity contribution in [3.8, 4) is 0 Å². The molecule has 1 N–H and O–H groups in total. The number of nitrogens with one attached hydrogen (secondary N) is 1.